The fourth-order valence-corrected chi connectivity index (χ4v) is 2.89. The zero-order valence-electron chi connectivity index (χ0n) is 8.48. The van der Waals surface area contributed by atoms with Gasteiger partial charge in [0.05, 0.1) is 18.2 Å². The van der Waals surface area contributed by atoms with E-state index in [1.54, 1.807) is 11.3 Å². The maximum atomic E-state index is 8.61. The molecule has 1 heterocycles. The van der Waals surface area contributed by atoms with Crippen molar-refractivity contribution in [2.45, 2.75) is 12.8 Å². The summed E-state index contributed by atoms with van der Waals surface area (Å²) in [5, 5.41) is 11.5. The zero-order chi connectivity index (χ0) is 11.4. The number of halogens is 1. The molecule has 2 nitrogen and oxygen atoms in total. The van der Waals surface area contributed by atoms with Crippen LogP contribution in [0.5, 0.6) is 0 Å². The molecule has 1 aliphatic carbocycles. The number of allylic oxidation sites excluding steroid dienone is 6. The second-order valence-corrected chi connectivity index (χ2v) is 4.99. The molecule has 0 fully saturated rings. The molecule has 2 rings (SSSR count). The maximum Gasteiger partial charge on any atom is 0.124 e. The van der Waals surface area contributed by atoms with Crippen LogP contribution in [0, 0.1) is 11.3 Å². The Labute approximate surface area is 107 Å². The van der Waals surface area contributed by atoms with Gasteiger partial charge in [0, 0.05) is 15.4 Å². The Hall–Kier alpha value is -1.18. The van der Waals surface area contributed by atoms with Gasteiger partial charge in [0.25, 0.3) is 0 Å². The Morgan fingerprint density at radius 2 is 2.44 bits per heavy atom. The fourth-order valence-electron chi connectivity index (χ4n) is 1.39. The molecule has 4 heteroatoms. The smallest absolute Gasteiger partial charge is 0.124 e. The van der Waals surface area contributed by atoms with Crippen LogP contribution in [0.25, 0.3) is 5.57 Å². The first-order chi connectivity index (χ1) is 7.81. The van der Waals surface area contributed by atoms with Crippen LogP contribution in [0.4, 0.5) is 0 Å². The van der Waals surface area contributed by atoms with Crippen LogP contribution in [-0.2, 0) is 6.42 Å². The lowest BCUT2D eigenvalue weighted by atomic mass is 10.2. The quantitative estimate of drug-likeness (QED) is 0.831. The summed E-state index contributed by atoms with van der Waals surface area (Å²) in [7, 11) is 0. The summed E-state index contributed by atoms with van der Waals surface area (Å²) in [5.41, 5.74) is 1.96. The van der Waals surface area contributed by atoms with Gasteiger partial charge in [0.15, 0.2) is 0 Å². The Balaban J connectivity index is 2.30. The summed E-state index contributed by atoms with van der Waals surface area (Å²) >= 11 is 5.11. The van der Waals surface area contributed by atoms with E-state index in [9.17, 15) is 0 Å². The molecule has 0 bridgehead atoms. The predicted octanol–water partition coefficient (Wildman–Crippen LogP) is 3.83. The summed E-state index contributed by atoms with van der Waals surface area (Å²) in [5.74, 6) is 0. The molecule has 0 saturated heterocycles. The van der Waals surface area contributed by atoms with Crippen molar-refractivity contribution in [2.75, 3.05) is 0 Å². The van der Waals surface area contributed by atoms with E-state index in [4.69, 9.17) is 5.26 Å². The van der Waals surface area contributed by atoms with Gasteiger partial charge in [-0.3, -0.25) is 0 Å². The largest absolute Gasteiger partial charge is 0.240 e. The highest BCUT2D eigenvalue weighted by molar-refractivity contribution is 9.12. The topological polar surface area (TPSA) is 36.7 Å². The fraction of sp³-hybridized carbons (Fsp3) is 0.167. The molecule has 0 spiro atoms. The third-order valence-corrected chi connectivity index (χ3v) is 3.75. The molecule has 1 aliphatic rings. The van der Waals surface area contributed by atoms with Crippen LogP contribution >= 0.6 is 27.3 Å². The van der Waals surface area contributed by atoms with Gasteiger partial charge in [-0.15, -0.1) is 11.3 Å². The molecule has 0 unspecified atom stereocenters. The first-order valence-electron chi connectivity index (χ1n) is 4.86. The van der Waals surface area contributed by atoms with Crippen LogP contribution in [0.2, 0.25) is 0 Å². The van der Waals surface area contributed by atoms with E-state index in [0.29, 0.717) is 6.42 Å². The molecule has 0 saturated carbocycles. The van der Waals surface area contributed by atoms with Crippen molar-refractivity contribution >= 4 is 32.8 Å². The summed E-state index contributed by atoms with van der Waals surface area (Å²) in [6.45, 7) is 0. The summed E-state index contributed by atoms with van der Waals surface area (Å²) in [6, 6.07) is 2.11. The van der Waals surface area contributed by atoms with Gasteiger partial charge in [0.2, 0.25) is 0 Å². The van der Waals surface area contributed by atoms with Crippen molar-refractivity contribution in [3.05, 3.63) is 44.9 Å². The SMILES string of the molecule is N#CCc1csc(C2=CCC=CC=C2Br)n1. The number of nitrogens with zero attached hydrogens (tertiary/aromatic N) is 2. The van der Waals surface area contributed by atoms with Crippen LogP contribution in [-0.4, -0.2) is 4.98 Å². The second kappa shape index (κ2) is 5.24. The predicted molar refractivity (Wildman–Crippen MR) is 70.2 cm³/mol. The van der Waals surface area contributed by atoms with Crippen molar-refractivity contribution in [3.8, 4) is 6.07 Å². The van der Waals surface area contributed by atoms with Crippen molar-refractivity contribution in [1.29, 1.82) is 5.26 Å². The molecule has 1 aromatic rings. The number of aromatic nitrogens is 1. The van der Waals surface area contributed by atoms with Crippen LogP contribution in [0.1, 0.15) is 17.1 Å². The lowest BCUT2D eigenvalue weighted by Gasteiger charge is -2.00. The molecule has 0 amide bonds. The van der Waals surface area contributed by atoms with Crippen LogP contribution in [0.15, 0.2) is 34.2 Å². The van der Waals surface area contributed by atoms with E-state index in [0.717, 1.165) is 27.2 Å². The molecule has 0 radical (unpaired) electrons. The monoisotopic (exact) mass is 292 g/mol. The first kappa shape index (κ1) is 11.3. The maximum absolute atomic E-state index is 8.61. The number of rotatable bonds is 2. The lowest BCUT2D eigenvalue weighted by Crippen LogP contribution is -1.86. The molecular formula is C12H9BrN2S. The standard InChI is InChI=1S/C12H9BrN2S/c13-11-5-3-1-2-4-10(11)12-15-9(6-7-14)8-16-12/h1,3-5,8H,2,6H2. The highest BCUT2D eigenvalue weighted by Gasteiger charge is 2.10. The zero-order valence-corrected chi connectivity index (χ0v) is 10.9. The normalized spacial score (nSPS) is 15.0. The number of nitriles is 1. The van der Waals surface area contributed by atoms with Crippen molar-refractivity contribution in [1.82, 2.24) is 4.98 Å². The van der Waals surface area contributed by atoms with Gasteiger partial charge in [-0.05, 0) is 12.5 Å². The molecule has 0 atom stereocenters. The van der Waals surface area contributed by atoms with E-state index in [1.807, 2.05) is 17.5 Å². The summed E-state index contributed by atoms with van der Waals surface area (Å²) in [4.78, 5) is 4.44. The number of hydrogen-bond donors (Lipinski definition) is 0. The third kappa shape index (κ3) is 2.49. The van der Waals surface area contributed by atoms with Gasteiger partial charge in [-0.25, -0.2) is 4.98 Å². The minimum atomic E-state index is 0.378. The van der Waals surface area contributed by atoms with Gasteiger partial charge >= 0.3 is 0 Å². The second-order valence-electron chi connectivity index (χ2n) is 3.28. The third-order valence-electron chi connectivity index (χ3n) is 2.14. The minimum absolute atomic E-state index is 0.378. The molecule has 1 aromatic heterocycles. The van der Waals surface area contributed by atoms with E-state index < -0.39 is 0 Å². The molecule has 80 valence electrons. The Bertz CT molecular complexity index is 517. The molecular weight excluding hydrogens is 284 g/mol. The highest BCUT2D eigenvalue weighted by atomic mass is 79.9. The molecule has 0 aliphatic heterocycles. The van der Waals surface area contributed by atoms with Crippen molar-refractivity contribution in [3.63, 3.8) is 0 Å². The molecule has 16 heavy (non-hydrogen) atoms. The van der Waals surface area contributed by atoms with E-state index >= 15 is 0 Å². The summed E-state index contributed by atoms with van der Waals surface area (Å²) in [6.07, 6.45) is 9.57. The average Bonchev–Trinajstić information content (AvgIpc) is 2.61. The minimum Gasteiger partial charge on any atom is -0.240 e. The molecule has 0 N–H and O–H groups in total. The van der Waals surface area contributed by atoms with E-state index in [-0.39, 0.29) is 0 Å². The van der Waals surface area contributed by atoms with Gasteiger partial charge < -0.3 is 0 Å². The van der Waals surface area contributed by atoms with E-state index in [2.05, 4.69) is 39.1 Å². The van der Waals surface area contributed by atoms with Crippen LogP contribution in [0.3, 0.4) is 0 Å². The first-order valence-corrected chi connectivity index (χ1v) is 6.53. The Morgan fingerprint density at radius 1 is 1.56 bits per heavy atom. The van der Waals surface area contributed by atoms with Gasteiger partial charge in [-0.1, -0.05) is 34.2 Å². The average molecular weight is 293 g/mol. The van der Waals surface area contributed by atoms with Crippen molar-refractivity contribution < 1.29 is 0 Å². The summed E-state index contributed by atoms with van der Waals surface area (Å²) < 4.78 is 1.04. The number of thiazole rings is 1. The van der Waals surface area contributed by atoms with Crippen LogP contribution < -0.4 is 0 Å². The van der Waals surface area contributed by atoms with E-state index in [1.165, 1.54) is 0 Å². The van der Waals surface area contributed by atoms with Gasteiger partial charge in [0.1, 0.15) is 5.01 Å². The molecule has 0 aromatic carbocycles. The Kier molecular flexibility index (Phi) is 3.70. The Morgan fingerprint density at radius 3 is 3.25 bits per heavy atom. The van der Waals surface area contributed by atoms with Gasteiger partial charge in [-0.2, -0.15) is 5.26 Å². The number of hydrogen-bond acceptors (Lipinski definition) is 3. The lowest BCUT2D eigenvalue weighted by molar-refractivity contribution is 1.14. The highest BCUT2D eigenvalue weighted by Crippen LogP contribution is 2.31. The van der Waals surface area contributed by atoms with Crippen molar-refractivity contribution in [2.24, 2.45) is 0 Å².